The van der Waals surface area contributed by atoms with E-state index in [0.29, 0.717) is 0 Å². The van der Waals surface area contributed by atoms with Crippen molar-refractivity contribution in [2.24, 2.45) is 0 Å². The molecule has 0 saturated carbocycles. The molecule has 0 bridgehead atoms. The average molecular weight is 240 g/mol. The summed E-state index contributed by atoms with van der Waals surface area (Å²) in [5, 5.41) is 0. The van der Waals surface area contributed by atoms with Gasteiger partial charge in [-0.2, -0.15) is 0 Å². The summed E-state index contributed by atoms with van der Waals surface area (Å²) in [5.74, 6) is 0.814. The molecular formula is C12H20O3Si. The van der Waals surface area contributed by atoms with Crippen LogP contribution in [-0.4, -0.2) is 23.0 Å². The van der Waals surface area contributed by atoms with Gasteiger partial charge in [-0.15, -0.1) is 0 Å². The third-order valence-electron chi connectivity index (χ3n) is 2.48. The highest BCUT2D eigenvalue weighted by molar-refractivity contribution is 6.61. The second kappa shape index (κ2) is 6.68. The van der Waals surface area contributed by atoms with E-state index in [0.717, 1.165) is 24.6 Å². The Morgan fingerprint density at radius 2 is 1.69 bits per heavy atom. The van der Waals surface area contributed by atoms with E-state index < -0.39 is 8.80 Å². The van der Waals surface area contributed by atoms with Gasteiger partial charge in [-0.1, -0.05) is 31.5 Å². The lowest BCUT2D eigenvalue weighted by molar-refractivity contribution is 0.160. The van der Waals surface area contributed by atoms with E-state index in [1.165, 1.54) is 0 Å². The molecule has 0 unspecified atom stereocenters. The highest BCUT2D eigenvalue weighted by atomic mass is 28.4. The highest BCUT2D eigenvalue weighted by Gasteiger charge is 2.40. The Bertz CT molecular complexity index is 286. The van der Waals surface area contributed by atoms with Gasteiger partial charge in [0.1, 0.15) is 5.75 Å². The molecule has 0 N–H and O–H groups in total. The van der Waals surface area contributed by atoms with Crippen molar-refractivity contribution in [1.82, 2.24) is 0 Å². The van der Waals surface area contributed by atoms with Crippen molar-refractivity contribution in [1.29, 1.82) is 0 Å². The van der Waals surface area contributed by atoms with Crippen LogP contribution in [0.4, 0.5) is 0 Å². The molecule has 0 saturated heterocycles. The van der Waals surface area contributed by atoms with Crippen LogP contribution in [0.25, 0.3) is 0 Å². The Morgan fingerprint density at radius 1 is 1.06 bits per heavy atom. The van der Waals surface area contributed by atoms with Crippen LogP contribution < -0.4 is 4.43 Å². The van der Waals surface area contributed by atoms with Crippen molar-refractivity contribution in [2.45, 2.75) is 25.8 Å². The molecule has 3 nitrogen and oxygen atoms in total. The zero-order valence-electron chi connectivity index (χ0n) is 10.2. The molecule has 0 fully saturated rings. The summed E-state index contributed by atoms with van der Waals surface area (Å²) in [6.45, 7) is 2.15. The van der Waals surface area contributed by atoms with Crippen LogP contribution in [0, 0.1) is 0 Å². The van der Waals surface area contributed by atoms with E-state index in [2.05, 4.69) is 6.92 Å². The van der Waals surface area contributed by atoms with E-state index in [-0.39, 0.29) is 0 Å². The fourth-order valence-electron chi connectivity index (χ4n) is 1.48. The van der Waals surface area contributed by atoms with Gasteiger partial charge in [-0.05, 0) is 18.6 Å². The van der Waals surface area contributed by atoms with E-state index in [4.69, 9.17) is 13.3 Å². The number of benzene rings is 1. The lowest BCUT2D eigenvalue weighted by atomic mass is 10.3. The molecule has 4 heteroatoms. The van der Waals surface area contributed by atoms with Gasteiger partial charge in [0.2, 0.25) is 0 Å². The van der Waals surface area contributed by atoms with Crippen molar-refractivity contribution < 1.29 is 13.3 Å². The third kappa shape index (κ3) is 3.63. The standard InChI is InChI=1S/C12H20O3Si/c1-4-5-11-16(13-2,14-3)15-12-9-7-6-8-10-12/h6-10H,4-5,11H2,1-3H3. The molecule has 0 aliphatic heterocycles. The maximum Gasteiger partial charge on any atom is 0.565 e. The van der Waals surface area contributed by atoms with Gasteiger partial charge in [0, 0.05) is 20.3 Å². The lowest BCUT2D eigenvalue weighted by Gasteiger charge is -2.26. The van der Waals surface area contributed by atoms with Gasteiger partial charge < -0.3 is 13.3 Å². The zero-order valence-corrected chi connectivity index (χ0v) is 11.2. The van der Waals surface area contributed by atoms with Gasteiger partial charge in [-0.3, -0.25) is 0 Å². The molecular weight excluding hydrogens is 220 g/mol. The van der Waals surface area contributed by atoms with Crippen LogP contribution in [0.2, 0.25) is 6.04 Å². The van der Waals surface area contributed by atoms with Gasteiger partial charge in [0.05, 0.1) is 0 Å². The van der Waals surface area contributed by atoms with E-state index >= 15 is 0 Å². The molecule has 0 heterocycles. The second-order valence-corrected chi connectivity index (χ2v) is 6.50. The largest absolute Gasteiger partial charge is 0.565 e. The molecule has 0 spiro atoms. The summed E-state index contributed by atoms with van der Waals surface area (Å²) >= 11 is 0. The summed E-state index contributed by atoms with van der Waals surface area (Å²) in [6.07, 6.45) is 2.17. The molecule has 90 valence electrons. The number of para-hydroxylation sites is 1. The lowest BCUT2D eigenvalue weighted by Crippen LogP contribution is -2.46. The second-order valence-electron chi connectivity index (χ2n) is 3.61. The van der Waals surface area contributed by atoms with Crippen molar-refractivity contribution in [3.8, 4) is 5.75 Å². The molecule has 0 aromatic heterocycles. The van der Waals surface area contributed by atoms with Crippen molar-refractivity contribution in [3.05, 3.63) is 30.3 Å². The summed E-state index contributed by atoms with van der Waals surface area (Å²) in [7, 11) is 0.817. The fourth-order valence-corrected chi connectivity index (χ4v) is 3.61. The number of hydrogen-bond acceptors (Lipinski definition) is 3. The number of unbranched alkanes of at least 4 members (excludes halogenated alkanes) is 1. The minimum atomic E-state index is -2.51. The highest BCUT2D eigenvalue weighted by Crippen LogP contribution is 2.21. The summed E-state index contributed by atoms with van der Waals surface area (Å²) in [6, 6.07) is 10.5. The Kier molecular flexibility index (Phi) is 5.52. The molecule has 16 heavy (non-hydrogen) atoms. The first-order valence-corrected chi connectivity index (χ1v) is 7.54. The molecule has 0 radical (unpaired) electrons. The monoisotopic (exact) mass is 240 g/mol. The minimum absolute atomic E-state index is 0.814. The Morgan fingerprint density at radius 3 is 2.19 bits per heavy atom. The van der Waals surface area contributed by atoms with Crippen LogP contribution in [0.5, 0.6) is 5.75 Å². The Balaban J connectivity index is 2.70. The quantitative estimate of drug-likeness (QED) is 0.685. The predicted octanol–water partition coefficient (Wildman–Crippen LogP) is 3.10. The van der Waals surface area contributed by atoms with E-state index in [9.17, 15) is 0 Å². The zero-order chi connectivity index (χ0) is 11.9. The first kappa shape index (κ1) is 13.2. The van der Waals surface area contributed by atoms with Crippen LogP contribution in [-0.2, 0) is 8.85 Å². The normalized spacial score (nSPS) is 11.4. The van der Waals surface area contributed by atoms with Gasteiger partial charge in [0.25, 0.3) is 0 Å². The van der Waals surface area contributed by atoms with Gasteiger partial charge in [-0.25, -0.2) is 0 Å². The van der Waals surface area contributed by atoms with Crippen molar-refractivity contribution in [2.75, 3.05) is 14.2 Å². The van der Waals surface area contributed by atoms with Crippen LogP contribution in [0.1, 0.15) is 19.8 Å². The molecule has 0 amide bonds. The smallest absolute Gasteiger partial charge is 0.501 e. The third-order valence-corrected chi connectivity index (χ3v) is 5.23. The first-order chi connectivity index (χ1) is 7.76. The molecule has 0 aliphatic carbocycles. The van der Waals surface area contributed by atoms with Crippen LogP contribution >= 0.6 is 0 Å². The number of rotatable bonds is 7. The summed E-state index contributed by atoms with van der Waals surface area (Å²) in [4.78, 5) is 0. The molecule has 1 aromatic rings. The van der Waals surface area contributed by atoms with Gasteiger partial charge >= 0.3 is 8.80 Å². The van der Waals surface area contributed by atoms with Crippen LogP contribution in [0.15, 0.2) is 30.3 Å². The molecule has 1 aromatic carbocycles. The minimum Gasteiger partial charge on any atom is -0.501 e. The number of hydrogen-bond donors (Lipinski definition) is 0. The Labute approximate surface area is 98.7 Å². The summed E-state index contributed by atoms with van der Waals surface area (Å²) in [5.41, 5.74) is 0. The molecule has 0 aliphatic rings. The topological polar surface area (TPSA) is 27.7 Å². The average Bonchev–Trinajstić information content (AvgIpc) is 2.36. The van der Waals surface area contributed by atoms with Gasteiger partial charge in [0.15, 0.2) is 0 Å². The van der Waals surface area contributed by atoms with E-state index in [1.54, 1.807) is 14.2 Å². The fraction of sp³-hybridized carbons (Fsp3) is 0.500. The summed E-state index contributed by atoms with van der Waals surface area (Å²) < 4.78 is 16.9. The predicted molar refractivity (Wildman–Crippen MR) is 66.6 cm³/mol. The molecule has 0 atom stereocenters. The van der Waals surface area contributed by atoms with Crippen molar-refractivity contribution in [3.63, 3.8) is 0 Å². The first-order valence-electron chi connectivity index (χ1n) is 5.60. The van der Waals surface area contributed by atoms with Crippen LogP contribution in [0.3, 0.4) is 0 Å². The SMILES string of the molecule is CCCC[Si](OC)(OC)Oc1ccccc1. The molecule has 1 rings (SSSR count). The Hall–Kier alpha value is -0.843. The van der Waals surface area contributed by atoms with E-state index in [1.807, 2.05) is 30.3 Å². The van der Waals surface area contributed by atoms with Crippen molar-refractivity contribution >= 4 is 8.80 Å². The maximum atomic E-state index is 5.90. The maximum absolute atomic E-state index is 5.90.